The number of non-ortho nitro benzene ring substituents is 1. The third kappa shape index (κ3) is 2.02. The molecule has 0 radical (unpaired) electrons. The maximum Gasteiger partial charge on any atom is 0.270 e. The third-order valence-corrected chi connectivity index (χ3v) is 2.99. The molecule has 6 nitrogen and oxygen atoms in total. The number of rotatable bonds is 2. The normalized spacial score (nSPS) is 10.8. The Morgan fingerprint density at radius 2 is 2.16 bits per heavy atom. The molecule has 3 rings (SSSR count). The summed E-state index contributed by atoms with van der Waals surface area (Å²) >= 11 is 6.05. The van der Waals surface area contributed by atoms with E-state index >= 15 is 0 Å². The second-order valence-corrected chi connectivity index (χ2v) is 4.29. The van der Waals surface area contributed by atoms with Crippen molar-refractivity contribution < 1.29 is 4.92 Å². The van der Waals surface area contributed by atoms with Gasteiger partial charge in [-0.15, -0.1) is 0 Å². The first-order valence-corrected chi connectivity index (χ1v) is 5.78. The van der Waals surface area contributed by atoms with Crippen molar-refractivity contribution in [3.05, 3.63) is 51.7 Å². The zero-order valence-corrected chi connectivity index (χ0v) is 10.3. The Morgan fingerprint density at radius 3 is 2.84 bits per heavy atom. The fourth-order valence-corrected chi connectivity index (χ4v) is 2.05. The summed E-state index contributed by atoms with van der Waals surface area (Å²) in [6.07, 6.45) is 1.64. The minimum absolute atomic E-state index is 0.0528. The van der Waals surface area contributed by atoms with Crippen LogP contribution in [0.3, 0.4) is 0 Å². The van der Waals surface area contributed by atoms with E-state index in [0.717, 1.165) is 5.52 Å². The van der Waals surface area contributed by atoms with Crippen molar-refractivity contribution in [2.45, 2.75) is 0 Å². The summed E-state index contributed by atoms with van der Waals surface area (Å²) in [4.78, 5) is 21.6. The fourth-order valence-electron chi connectivity index (χ4n) is 1.78. The minimum Gasteiger partial charge on any atom is -0.337 e. The molecule has 1 aromatic carbocycles. The van der Waals surface area contributed by atoms with Gasteiger partial charge < -0.3 is 4.98 Å². The second kappa shape index (κ2) is 4.33. The van der Waals surface area contributed by atoms with Crippen molar-refractivity contribution in [3.63, 3.8) is 0 Å². The van der Waals surface area contributed by atoms with Crippen LogP contribution in [0.4, 0.5) is 5.69 Å². The number of nitro benzene ring substituents is 1. The maximum atomic E-state index is 10.7. The minimum atomic E-state index is -0.490. The molecule has 94 valence electrons. The molecule has 1 N–H and O–H groups in total. The quantitative estimate of drug-likeness (QED) is 0.574. The molecule has 2 heterocycles. The lowest BCUT2D eigenvalue weighted by Gasteiger charge is -1.99. The molecule has 0 fully saturated rings. The van der Waals surface area contributed by atoms with E-state index in [-0.39, 0.29) is 10.7 Å². The number of benzene rings is 1. The number of fused-ring (bicyclic) bond motifs is 1. The Balaban J connectivity index is 2.13. The molecule has 0 amide bonds. The van der Waals surface area contributed by atoms with E-state index in [1.54, 1.807) is 18.3 Å². The average molecular weight is 275 g/mol. The average Bonchev–Trinajstić information content (AvgIpc) is 2.81. The van der Waals surface area contributed by atoms with Crippen LogP contribution in [0, 0.1) is 10.1 Å². The monoisotopic (exact) mass is 274 g/mol. The van der Waals surface area contributed by atoms with Gasteiger partial charge in [-0.2, -0.15) is 0 Å². The summed E-state index contributed by atoms with van der Waals surface area (Å²) in [5, 5.41) is 10.9. The molecule has 19 heavy (non-hydrogen) atoms. The number of imidazole rings is 1. The number of nitro groups is 1. The number of hydrogen-bond donors (Lipinski definition) is 1. The van der Waals surface area contributed by atoms with Gasteiger partial charge in [0.25, 0.3) is 5.69 Å². The molecule has 0 unspecified atom stereocenters. The molecule has 0 saturated heterocycles. The lowest BCUT2D eigenvalue weighted by atomic mass is 10.2. The predicted octanol–water partition coefficient (Wildman–Crippen LogP) is 3.19. The number of hydrogen-bond acceptors (Lipinski definition) is 4. The lowest BCUT2D eigenvalue weighted by Crippen LogP contribution is -1.89. The summed E-state index contributed by atoms with van der Waals surface area (Å²) in [5.41, 5.74) is 1.91. The van der Waals surface area contributed by atoms with Crippen LogP contribution < -0.4 is 0 Å². The zero-order valence-electron chi connectivity index (χ0n) is 9.50. The molecule has 0 aliphatic carbocycles. The van der Waals surface area contributed by atoms with Crippen molar-refractivity contribution in [1.82, 2.24) is 15.0 Å². The summed E-state index contributed by atoms with van der Waals surface area (Å²) in [7, 11) is 0. The van der Waals surface area contributed by atoms with E-state index in [0.29, 0.717) is 17.0 Å². The number of halogens is 1. The first kappa shape index (κ1) is 11.6. The highest BCUT2D eigenvalue weighted by atomic mass is 35.5. The number of aromatic amines is 1. The topological polar surface area (TPSA) is 84.7 Å². The van der Waals surface area contributed by atoms with E-state index in [1.165, 1.54) is 12.1 Å². The molecule has 7 heteroatoms. The highest BCUT2D eigenvalue weighted by molar-refractivity contribution is 6.33. The van der Waals surface area contributed by atoms with Gasteiger partial charge in [0.05, 0.1) is 15.5 Å². The molecular formula is C12H7ClN4O2. The van der Waals surface area contributed by atoms with Gasteiger partial charge in [-0.1, -0.05) is 11.6 Å². The van der Waals surface area contributed by atoms with Gasteiger partial charge in [-0.25, -0.2) is 9.97 Å². The van der Waals surface area contributed by atoms with Crippen LogP contribution in [-0.4, -0.2) is 19.9 Å². The molecule has 0 aliphatic heterocycles. The number of aromatic nitrogens is 3. The predicted molar refractivity (Wildman–Crippen MR) is 71.0 cm³/mol. The van der Waals surface area contributed by atoms with Gasteiger partial charge in [0.1, 0.15) is 5.82 Å². The second-order valence-electron chi connectivity index (χ2n) is 3.88. The summed E-state index contributed by atoms with van der Waals surface area (Å²) < 4.78 is 0. The SMILES string of the molecule is O=[N+]([O-])c1ccc(-c2nc3ncccc3[nH]2)c(Cl)c1. The summed E-state index contributed by atoms with van der Waals surface area (Å²) in [6.45, 7) is 0. The number of H-pyrrole nitrogens is 1. The van der Waals surface area contributed by atoms with Gasteiger partial charge >= 0.3 is 0 Å². The molecule has 0 bridgehead atoms. The molecule has 0 spiro atoms. The Bertz CT molecular complexity index is 751. The number of pyridine rings is 1. The Morgan fingerprint density at radius 1 is 1.32 bits per heavy atom. The van der Waals surface area contributed by atoms with Crippen LogP contribution in [0.2, 0.25) is 5.02 Å². The van der Waals surface area contributed by atoms with Crippen LogP contribution in [0.15, 0.2) is 36.5 Å². The van der Waals surface area contributed by atoms with Crippen molar-refractivity contribution in [2.24, 2.45) is 0 Å². The lowest BCUT2D eigenvalue weighted by molar-refractivity contribution is -0.384. The third-order valence-electron chi connectivity index (χ3n) is 2.68. The molecule has 0 atom stereocenters. The molecule has 0 saturated carbocycles. The summed E-state index contributed by atoms with van der Waals surface area (Å²) in [5.74, 6) is 0.536. The van der Waals surface area contributed by atoms with Crippen LogP contribution in [-0.2, 0) is 0 Å². The Hall–Kier alpha value is -2.47. The van der Waals surface area contributed by atoms with Crippen LogP contribution in [0.5, 0.6) is 0 Å². The molecule has 3 aromatic rings. The van der Waals surface area contributed by atoms with Crippen molar-refractivity contribution in [3.8, 4) is 11.4 Å². The maximum absolute atomic E-state index is 10.7. The van der Waals surface area contributed by atoms with Gasteiger partial charge in [0, 0.05) is 23.9 Å². The van der Waals surface area contributed by atoms with Crippen molar-refractivity contribution >= 4 is 28.5 Å². The van der Waals surface area contributed by atoms with Crippen molar-refractivity contribution in [1.29, 1.82) is 0 Å². The Kier molecular flexibility index (Phi) is 2.64. The highest BCUT2D eigenvalue weighted by Crippen LogP contribution is 2.30. The van der Waals surface area contributed by atoms with Gasteiger partial charge in [-0.3, -0.25) is 10.1 Å². The van der Waals surface area contributed by atoms with E-state index in [4.69, 9.17) is 11.6 Å². The summed E-state index contributed by atoms with van der Waals surface area (Å²) in [6, 6.07) is 7.90. The van der Waals surface area contributed by atoms with Gasteiger partial charge in [0.15, 0.2) is 5.65 Å². The zero-order chi connectivity index (χ0) is 13.4. The first-order chi connectivity index (χ1) is 9.15. The first-order valence-electron chi connectivity index (χ1n) is 5.40. The van der Waals surface area contributed by atoms with E-state index in [9.17, 15) is 10.1 Å². The molecule has 0 aliphatic rings. The molecule has 2 aromatic heterocycles. The van der Waals surface area contributed by atoms with Crippen LogP contribution in [0.1, 0.15) is 0 Å². The van der Waals surface area contributed by atoms with E-state index < -0.39 is 4.92 Å². The Labute approximate surface area is 112 Å². The van der Waals surface area contributed by atoms with Crippen molar-refractivity contribution in [2.75, 3.05) is 0 Å². The smallest absolute Gasteiger partial charge is 0.270 e. The number of nitrogens with one attached hydrogen (secondary N) is 1. The highest BCUT2D eigenvalue weighted by Gasteiger charge is 2.13. The number of nitrogens with zero attached hydrogens (tertiary/aromatic N) is 3. The molecular weight excluding hydrogens is 268 g/mol. The van der Waals surface area contributed by atoms with Crippen LogP contribution >= 0.6 is 11.6 Å². The van der Waals surface area contributed by atoms with Crippen LogP contribution in [0.25, 0.3) is 22.6 Å². The largest absolute Gasteiger partial charge is 0.337 e. The van der Waals surface area contributed by atoms with Gasteiger partial charge in [0.2, 0.25) is 0 Å². The van der Waals surface area contributed by atoms with Gasteiger partial charge in [-0.05, 0) is 18.2 Å². The van der Waals surface area contributed by atoms with E-state index in [2.05, 4.69) is 15.0 Å². The standard InChI is InChI=1S/C12H7ClN4O2/c13-9-6-7(17(18)19)3-4-8(9)11-15-10-2-1-5-14-12(10)16-11/h1-6H,(H,14,15,16). The van der Waals surface area contributed by atoms with E-state index in [1.807, 2.05) is 6.07 Å². The fraction of sp³-hybridized carbons (Fsp3) is 0.